The van der Waals surface area contributed by atoms with E-state index < -0.39 is 20.5 Å². The zero-order chi connectivity index (χ0) is 10.3. The summed E-state index contributed by atoms with van der Waals surface area (Å²) >= 11 is 0. The first-order chi connectivity index (χ1) is 5.87. The number of carbonyl (C=O) groups is 1. The Bertz CT molecular complexity index is 342. The number of ketones is 1. The van der Waals surface area contributed by atoms with Crippen LogP contribution in [0.25, 0.3) is 0 Å². The van der Waals surface area contributed by atoms with Gasteiger partial charge in [-0.15, -0.1) is 0 Å². The summed E-state index contributed by atoms with van der Waals surface area (Å²) < 4.78 is 22.5. The molecule has 1 rings (SSSR count). The third-order valence-corrected chi connectivity index (χ3v) is 4.57. The molecule has 0 heterocycles. The SMILES string of the molecule is C=CS(=O)(=O)C1CC(C)(CC)C1=O. The molecule has 0 spiro atoms. The Morgan fingerprint density at radius 3 is 2.54 bits per heavy atom. The molecule has 1 fully saturated rings. The van der Waals surface area contributed by atoms with Gasteiger partial charge in [-0.05, 0) is 12.8 Å². The van der Waals surface area contributed by atoms with E-state index in [0.717, 1.165) is 5.41 Å². The van der Waals surface area contributed by atoms with Crippen LogP contribution in [0.4, 0.5) is 0 Å². The smallest absolute Gasteiger partial charge is 0.181 e. The molecule has 0 aliphatic heterocycles. The highest BCUT2D eigenvalue weighted by Gasteiger charge is 2.53. The maximum Gasteiger partial charge on any atom is 0.181 e. The molecule has 2 unspecified atom stereocenters. The van der Waals surface area contributed by atoms with Gasteiger partial charge in [-0.2, -0.15) is 0 Å². The lowest BCUT2D eigenvalue weighted by molar-refractivity contribution is -0.136. The highest BCUT2D eigenvalue weighted by atomic mass is 32.2. The standard InChI is InChI=1S/C9H14O3S/c1-4-9(3)6-7(8(9)10)13(11,12)5-2/h5,7H,2,4,6H2,1,3H3. The average molecular weight is 202 g/mol. The predicted octanol–water partition coefficient (Wildman–Crippen LogP) is 1.30. The summed E-state index contributed by atoms with van der Waals surface area (Å²) in [5.74, 6) is -0.157. The monoisotopic (exact) mass is 202 g/mol. The number of rotatable bonds is 3. The molecule has 0 aromatic carbocycles. The Balaban J connectivity index is 2.86. The summed E-state index contributed by atoms with van der Waals surface area (Å²) in [4.78, 5) is 11.5. The van der Waals surface area contributed by atoms with Gasteiger partial charge in [-0.25, -0.2) is 8.42 Å². The van der Waals surface area contributed by atoms with E-state index in [0.29, 0.717) is 12.8 Å². The van der Waals surface area contributed by atoms with E-state index in [2.05, 4.69) is 6.58 Å². The zero-order valence-electron chi connectivity index (χ0n) is 7.91. The van der Waals surface area contributed by atoms with E-state index in [4.69, 9.17) is 0 Å². The molecule has 0 radical (unpaired) electrons. The van der Waals surface area contributed by atoms with E-state index in [1.165, 1.54) is 0 Å². The highest BCUT2D eigenvalue weighted by molar-refractivity contribution is 7.95. The number of Topliss-reactive ketones (excluding diaryl/α,β-unsaturated/α-hetero) is 1. The first-order valence-electron chi connectivity index (χ1n) is 4.28. The van der Waals surface area contributed by atoms with Gasteiger partial charge in [0.05, 0.1) is 0 Å². The average Bonchev–Trinajstić information content (AvgIpc) is 2.12. The third-order valence-electron chi connectivity index (χ3n) is 2.93. The van der Waals surface area contributed by atoms with Gasteiger partial charge >= 0.3 is 0 Å². The number of sulfone groups is 1. The van der Waals surface area contributed by atoms with E-state index in [1.807, 2.05) is 13.8 Å². The second-order valence-electron chi connectivity index (χ2n) is 3.73. The van der Waals surface area contributed by atoms with Gasteiger partial charge in [-0.3, -0.25) is 4.79 Å². The van der Waals surface area contributed by atoms with Crippen LogP contribution in [0.15, 0.2) is 12.0 Å². The van der Waals surface area contributed by atoms with E-state index in [-0.39, 0.29) is 5.78 Å². The minimum absolute atomic E-state index is 0.157. The van der Waals surface area contributed by atoms with Gasteiger partial charge in [0.25, 0.3) is 0 Å². The topological polar surface area (TPSA) is 51.2 Å². The normalized spacial score (nSPS) is 34.0. The van der Waals surface area contributed by atoms with Crippen molar-refractivity contribution in [3.05, 3.63) is 12.0 Å². The van der Waals surface area contributed by atoms with Crippen molar-refractivity contribution < 1.29 is 13.2 Å². The molecule has 0 N–H and O–H groups in total. The van der Waals surface area contributed by atoms with Crippen molar-refractivity contribution in [3.8, 4) is 0 Å². The molecule has 3 nitrogen and oxygen atoms in total. The molecule has 1 aliphatic carbocycles. The first-order valence-corrected chi connectivity index (χ1v) is 5.89. The molecular formula is C9H14O3S. The van der Waals surface area contributed by atoms with Crippen LogP contribution >= 0.6 is 0 Å². The molecule has 0 amide bonds. The van der Waals surface area contributed by atoms with Crippen LogP contribution in [0.1, 0.15) is 26.7 Å². The Hall–Kier alpha value is -0.640. The first kappa shape index (κ1) is 10.4. The Labute approximate surface area is 78.8 Å². The molecule has 0 bridgehead atoms. The summed E-state index contributed by atoms with van der Waals surface area (Å²) in [6, 6.07) is 0. The molecule has 0 aromatic heterocycles. The molecule has 74 valence electrons. The van der Waals surface area contributed by atoms with E-state index >= 15 is 0 Å². The quantitative estimate of drug-likeness (QED) is 0.693. The van der Waals surface area contributed by atoms with Gasteiger partial charge in [0.15, 0.2) is 15.6 Å². The van der Waals surface area contributed by atoms with E-state index in [9.17, 15) is 13.2 Å². The van der Waals surface area contributed by atoms with Crippen molar-refractivity contribution in [2.24, 2.45) is 5.41 Å². The summed E-state index contributed by atoms with van der Waals surface area (Å²) in [6.07, 6.45) is 1.14. The fraction of sp³-hybridized carbons (Fsp3) is 0.667. The van der Waals surface area contributed by atoms with Crippen molar-refractivity contribution in [2.45, 2.75) is 31.9 Å². The highest BCUT2D eigenvalue weighted by Crippen LogP contribution is 2.43. The van der Waals surface area contributed by atoms with Crippen molar-refractivity contribution in [1.29, 1.82) is 0 Å². The molecule has 1 saturated carbocycles. The van der Waals surface area contributed by atoms with Crippen LogP contribution in [0, 0.1) is 5.41 Å². The Morgan fingerprint density at radius 2 is 2.23 bits per heavy atom. The number of hydrogen-bond acceptors (Lipinski definition) is 3. The van der Waals surface area contributed by atoms with E-state index in [1.54, 1.807) is 0 Å². The molecule has 4 heteroatoms. The molecule has 0 saturated heterocycles. The second-order valence-corrected chi connectivity index (χ2v) is 5.81. The fourth-order valence-electron chi connectivity index (χ4n) is 1.56. The van der Waals surface area contributed by atoms with Gasteiger partial charge < -0.3 is 0 Å². The lowest BCUT2D eigenvalue weighted by Crippen LogP contribution is -2.53. The van der Waals surface area contributed by atoms with Crippen LogP contribution in [0.2, 0.25) is 0 Å². The predicted molar refractivity (Wildman–Crippen MR) is 50.9 cm³/mol. The van der Waals surface area contributed by atoms with Crippen LogP contribution in [-0.2, 0) is 14.6 Å². The second kappa shape index (κ2) is 2.94. The van der Waals surface area contributed by atoms with Crippen molar-refractivity contribution >= 4 is 15.6 Å². The van der Waals surface area contributed by atoms with Crippen molar-refractivity contribution in [3.63, 3.8) is 0 Å². The lowest BCUT2D eigenvalue weighted by Gasteiger charge is -2.41. The number of hydrogen-bond donors (Lipinski definition) is 0. The maximum absolute atomic E-state index is 11.5. The van der Waals surface area contributed by atoms with Crippen molar-refractivity contribution in [1.82, 2.24) is 0 Å². The maximum atomic E-state index is 11.5. The van der Waals surface area contributed by atoms with Gasteiger partial charge in [-0.1, -0.05) is 20.4 Å². The molecule has 2 atom stereocenters. The molecule has 0 aromatic rings. The molecule has 13 heavy (non-hydrogen) atoms. The largest absolute Gasteiger partial charge is 0.298 e. The summed E-state index contributed by atoms with van der Waals surface area (Å²) in [5, 5.41) is 0.0556. The summed E-state index contributed by atoms with van der Waals surface area (Å²) in [6.45, 7) is 6.91. The fourth-order valence-corrected chi connectivity index (χ4v) is 2.98. The third kappa shape index (κ3) is 1.43. The molecule has 1 aliphatic rings. The van der Waals surface area contributed by atoms with Crippen molar-refractivity contribution in [2.75, 3.05) is 0 Å². The Morgan fingerprint density at radius 1 is 1.69 bits per heavy atom. The van der Waals surface area contributed by atoms with Crippen LogP contribution in [-0.4, -0.2) is 19.5 Å². The van der Waals surface area contributed by atoms with Gasteiger partial charge in [0.1, 0.15) is 5.25 Å². The minimum atomic E-state index is -3.38. The van der Waals surface area contributed by atoms with Gasteiger partial charge in [0, 0.05) is 10.8 Å². The number of carbonyl (C=O) groups excluding carboxylic acids is 1. The van der Waals surface area contributed by atoms with Crippen LogP contribution in [0.3, 0.4) is 0 Å². The Kier molecular flexibility index (Phi) is 2.36. The summed E-state index contributed by atoms with van der Waals surface area (Å²) in [5.41, 5.74) is -0.416. The lowest BCUT2D eigenvalue weighted by atomic mass is 9.67. The zero-order valence-corrected chi connectivity index (χ0v) is 8.73. The van der Waals surface area contributed by atoms with Crippen LogP contribution in [0.5, 0.6) is 0 Å². The molecular weight excluding hydrogens is 188 g/mol. The minimum Gasteiger partial charge on any atom is -0.298 e. The summed E-state index contributed by atoms with van der Waals surface area (Å²) in [7, 11) is -3.38. The van der Waals surface area contributed by atoms with Gasteiger partial charge in [0.2, 0.25) is 0 Å². The van der Waals surface area contributed by atoms with Crippen LogP contribution < -0.4 is 0 Å².